The van der Waals surface area contributed by atoms with E-state index in [0.29, 0.717) is 5.92 Å². The van der Waals surface area contributed by atoms with Gasteiger partial charge in [0.05, 0.1) is 0 Å². The summed E-state index contributed by atoms with van der Waals surface area (Å²) in [5.74, 6) is 1.42. The van der Waals surface area contributed by atoms with E-state index in [2.05, 4.69) is 57.7 Å². The third-order valence-electron chi connectivity index (χ3n) is 5.77. The number of carbonyl (C=O) groups is 1. The van der Waals surface area contributed by atoms with Crippen LogP contribution in [0.4, 0.5) is 10.5 Å². The summed E-state index contributed by atoms with van der Waals surface area (Å²) in [6.45, 7) is 9.50. The first kappa shape index (κ1) is 19.0. The van der Waals surface area contributed by atoms with E-state index < -0.39 is 0 Å². The highest BCUT2D eigenvalue weighted by molar-refractivity contribution is 5.73. The number of carbonyl (C=O) groups excluding carboxylic acids is 1. The Morgan fingerprint density at radius 2 is 1.85 bits per heavy atom. The average Bonchev–Trinajstić information content (AvgIpc) is 3.15. The number of amides is 2. The lowest BCUT2D eigenvalue weighted by molar-refractivity contribution is 0.190. The maximum atomic E-state index is 12.0. The lowest BCUT2D eigenvalue weighted by Crippen LogP contribution is -2.40. The first-order valence-electron chi connectivity index (χ1n) is 10.2. The minimum atomic E-state index is -0.0181. The van der Waals surface area contributed by atoms with E-state index in [0.717, 1.165) is 51.5 Å². The highest BCUT2D eigenvalue weighted by Crippen LogP contribution is 2.22. The Morgan fingerprint density at radius 3 is 2.62 bits per heavy atom. The monoisotopic (exact) mass is 358 g/mol. The molecular weight excluding hydrogens is 324 g/mol. The number of piperidine rings is 1. The van der Waals surface area contributed by atoms with Crippen LogP contribution >= 0.6 is 0 Å². The van der Waals surface area contributed by atoms with E-state index in [1.807, 2.05) is 0 Å². The number of urea groups is 1. The molecule has 2 N–H and O–H groups in total. The molecule has 2 saturated heterocycles. The molecule has 2 aliphatic rings. The van der Waals surface area contributed by atoms with Crippen molar-refractivity contribution in [3.63, 3.8) is 0 Å². The molecule has 144 valence electrons. The molecule has 0 saturated carbocycles. The molecule has 2 heterocycles. The van der Waals surface area contributed by atoms with E-state index in [4.69, 9.17) is 0 Å². The van der Waals surface area contributed by atoms with Gasteiger partial charge in [-0.1, -0.05) is 25.1 Å². The molecule has 0 unspecified atom stereocenters. The van der Waals surface area contributed by atoms with Crippen LogP contribution in [0.1, 0.15) is 32.6 Å². The van der Waals surface area contributed by atoms with Gasteiger partial charge in [-0.2, -0.15) is 0 Å². The molecule has 0 aromatic heterocycles. The second-order valence-electron chi connectivity index (χ2n) is 7.95. The zero-order valence-electron chi connectivity index (χ0n) is 16.1. The van der Waals surface area contributed by atoms with Crippen molar-refractivity contribution < 1.29 is 4.79 Å². The number of likely N-dealkylation sites (tertiary alicyclic amines) is 1. The van der Waals surface area contributed by atoms with Gasteiger partial charge in [0.15, 0.2) is 0 Å². The zero-order chi connectivity index (χ0) is 18.2. The average molecular weight is 359 g/mol. The van der Waals surface area contributed by atoms with Crippen molar-refractivity contribution in [2.45, 2.75) is 32.6 Å². The molecule has 5 nitrogen and oxygen atoms in total. The van der Waals surface area contributed by atoms with Gasteiger partial charge in [0.25, 0.3) is 0 Å². The highest BCUT2D eigenvalue weighted by Gasteiger charge is 2.22. The third-order valence-corrected chi connectivity index (χ3v) is 5.77. The third kappa shape index (κ3) is 5.90. The van der Waals surface area contributed by atoms with Crippen molar-refractivity contribution in [3.05, 3.63) is 30.3 Å². The summed E-state index contributed by atoms with van der Waals surface area (Å²) in [6, 6.07) is 10.5. The van der Waals surface area contributed by atoms with Crippen LogP contribution in [0.15, 0.2) is 30.3 Å². The molecule has 0 aliphatic carbocycles. The highest BCUT2D eigenvalue weighted by atomic mass is 16.2. The molecule has 2 amide bonds. The summed E-state index contributed by atoms with van der Waals surface area (Å²) in [7, 11) is 0. The van der Waals surface area contributed by atoms with Crippen molar-refractivity contribution in [1.29, 1.82) is 0 Å². The van der Waals surface area contributed by atoms with Crippen molar-refractivity contribution in [1.82, 2.24) is 15.5 Å². The molecule has 2 fully saturated rings. The predicted molar refractivity (Wildman–Crippen MR) is 108 cm³/mol. The lowest BCUT2D eigenvalue weighted by atomic mass is 9.99. The summed E-state index contributed by atoms with van der Waals surface area (Å²) in [5, 5.41) is 6.06. The van der Waals surface area contributed by atoms with Gasteiger partial charge in [-0.3, -0.25) is 0 Å². The Kier molecular flexibility index (Phi) is 7.18. The SMILES string of the molecule is CC1CCN(CCCNC(=O)NC[C@@H]2CCN(c3ccccc3)C2)CC1. The first-order chi connectivity index (χ1) is 12.7. The van der Waals surface area contributed by atoms with Crippen molar-refractivity contribution in [2.24, 2.45) is 11.8 Å². The number of hydrogen-bond donors (Lipinski definition) is 2. The Balaban J connectivity index is 1.24. The summed E-state index contributed by atoms with van der Waals surface area (Å²) < 4.78 is 0. The maximum Gasteiger partial charge on any atom is 0.314 e. The number of anilines is 1. The quantitative estimate of drug-likeness (QED) is 0.737. The number of hydrogen-bond acceptors (Lipinski definition) is 3. The Morgan fingerprint density at radius 1 is 1.08 bits per heavy atom. The van der Waals surface area contributed by atoms with Gasteiger partial charge in [0, 0.05) is 31.9 Å². The summed E-state index contributed by atoms with van der Waals surface area (Å²) in [4.78, 5) is 16.9. The second-order valence-corrected chi connectivity index (χ2v) is 7.95. The van der Waals surface area contributed by atoms with Crippen LogP contribution in [-0.4, -0.2) is 56.7 Å². The molecule has 1 aromatic rings. The van der Waals surface area contributed by atoms with Crippen molar-refractivity contribution in [3.8, 4) is 0 Å². The minimum absolute atomic E-state index is 0.0181. The van der Waals surface area contributed by atoms with Crippen LogP contribution < -0.4 is 15.5 Å². The van der Waals surface area contributed by atoms with Crippen LogP contribution in [0.2, 0.25) is 0 Å². The first-order valence-corrected chi connectivity index (χ1v) is 10.2. The van der Waals surface area contributed by atoms with Gasteiger partial charge in [-0.05, 0) is 69.3 Å². The standard InChI is InChI=1S/C21H34N4O/c1-18-8-13-24(14-9-18)12-5-11-22-21(26)23-16-19-10-15-25(17-19)20-6-3-2-4-7-20/h2-4,6-7,18-19H,5,8-17H2,1H3,(H2,22,23,26)/t19-/m0/s1. The Bertz CT molecular complexity index is 542. The van der Waals surface area contributed by atoms with Gasteiger partial charge in [-0.15, -0.1) is 0 Å². The van der Waals surface area contributed by atoms with Crippen molar-refractivity contribution in [2.75, 3.05) is 50.7 Å². The minimum Gasteiger partial charge on any atom is -0.371 e. The molecule has 1 atom stereocenters. The molecule has 3 rings (SSSR count). The van der Waals surface area contributed by atoms with Gasteiger partial charge >= 0.3 is 6.03 Å². The van der Waals surface area contributed by atoms with E-state index >= 15 is 0 Å². The van der Waals surface area contributed by atoms with Crippen LogP contribution in [0, 0.1) is 11.8 Å². The molecule has 26 heavy (non-hydrogen) atoms. The van der Waals surface area contributed by atoms with Crippen LogP contribution in [0.3, 0.4) is 0 Å². The molecule has 1 aromatic carbocycles. The number of benzene rings is 1. The van der Waals surface area contributed by atoms with Crippen LogP contribution in [-0.2, 0) is 0 Å². The smallest absolute Gasteiger partial charge is 0.314 e. The van der Waals surface area contributed by atoms with E-state index in [1.54, 1.807) is 0 Å². The summed E-state index contributed by atoms with van der Waals surface area (Å²) in [6.07, 6.45) is 4.81. The largest absolute Gasteiger partial charge is 0.371 e. The molecule has 0 radical (unpaired) electrons. The van der Waals surface area contributed by atoms with Gasteiger partial charge in [-0.25, -0.2) is 4.79 Å². The van der Waals surface area contributed by atoms with E-state index in [1.165, 1.54) is 31.6 Å². The number of nitrogens with zero attached hydrogens (tertiary/aromatic N) is 2. The fourth-order valence-corrected chi connectivity index (χ4v) is 3.96. The molecule has 0 spiro atoms. The number of nitrogens with one attached hydrogen (secondary N) is 2. The van der Waals surface area contributed by atoms with Crippen molar-refractivity contribution >= 4 is 11.7 Å². The summed E-state index contributed by atoms with van der Waals surface area (Å²) in [5.41, 5.74) is 1.28. The normalized spacial score (nSPS) is 21.7. The van der Waals surface area contributed by atoms with E-state index in [9.17, 15) is 4.79 Å². The van der Waals surface area contributed by atoms with Gasteiger partial charge in [0.2, 0.25) is 0 Å². The van der Waals surface area contributed by atoms with Gasteiger partial charge < -0.3 is 20.4 Å². The Labute approximate surface area is 158 Å². The summed E-state index contributed by atoms with van der Waals surface area (Å²) >= 11 is 0. The zero-order valence-corrected chi connectivity index (χ0v) is 16.1. The molecule has 2 aliphatic heterocycles. The fourth-order valence-electron chi connectivity index (χ4n) is 3.96. The topological polar surface area (TPSA) is 47.6 Å². The van der Waals surface area contributed by atoms with E-state index in [-0.39, 0.29) is 6.03 Å². The predicted octanol–water partition coefficient (Wildman–Crippen LogP) is 2.93. The van der Waals surface area contributed by atoms with Crippen LogP contribution in [0.5, 0.6) is 0 Å². The Hall–Kier alpha value is -1.75. The molecular formula is C21H34N4O. The maximum absolute atomic E-state index is 12.0. The second kappa shape index (κ2) is 9.81. The van der Waals surface area contributed by atoms with Crippen LogP contribution in [0.25, 0.3) is 0 Å². The lowest BCUT2D eigenvalue weighted by Gasteiger charge is -2.30. The molecule has 0 bridgehead atoms. The molecule has 5 heteroatoms. The number of rotatable bonds is 7. The van der Waals surface area contributed by atoms with Gasteiger partial charge in [0.1, 0.15) is 0 Å². The fraction of sp³-hybridized carbons (Fsp3) is 0.667. The number of para-hydroxylation sites is 1.